The summed E-state index contributed by atoms with van der Waals surface area (Å²) in [5.74, 6) is 0.250. The number of rotatable bonds is 6. The van der Waals surface area contributed by atoms with Crippen LogP contribution in [0.1, 0.15) is 25.8 Å². The van der Waals surface area contributed by atoms with Crippen LogP contribution in [-0.4, -0.2) is 24.0 Å². The Morgan fingerprint density at radius 3 is 2.65 bits per heavy atom. The van der Waals surface area contributed by atoms with Crippen molar-refractivity contribution in [1.82, 2.24) is 0 Å². The summed E-state index contributed by atoms with van der Waals surface area (Å²) in [6, 6.07) is 7.10. The van der Waals surface area contributed by atoms with E-state index in [1.54, 1.807) is 24.9 Å². The summed E-state index contributed by atoms with van der Waals surface area (Å²) in [5, 5.41) is 9.40. The third kappa shape index (κ3) is 4.18. The lowest BCUT2D eigenvalue weighted by atomic mass is 10.1. The predicted molar refractivity (Wildman–Crippen MR) is 71.0 cm³/mol. The molecule has 17 heavy (non-hydrogen) atoms. The molecule has 1 N–H and O–H groups in total. The van der Waals surface area contributed by atoms with Crippen molar-refractivity contribution < 1.29 is 14.2 Å². The average Bonchev–Trinajstić information content (AvgIpc) is 2.25. The van der Waals surface area contributed by atoms with Crippen LogP contribution in [0.15, 0.2) is 24.3 Å². The second kappa shape index (κ2) is 6.23. The number of hydrogen-bond donors (Lipinski definition) is 1. The van der Waals surface area contributed by atoms with Crippen LogP contribution in [0.3, 0.4) is 0 Å². The van der Waals surface area contributed by atoms with Gasteiger partial charge in [-0.1, -0.05) is 19.1 Å². The van der Waals surface area contributed by atoms with Gasteiger partial charge in [0.15, 0.2) is 0 Å². The van der Waals surface area contributed by atoms with E-state index >= 15 is 0 Å². The normalized spacial score (nSPS) is 16.4. The molecule has 0 saturated carbocycles. The van der Waals surface area contributed by atoms with E-state index in [1.165, 1.54) is 0 Å². The Kier molecular flexibility index (Phi) is 5.23. The van der Waals surface area contributed by atoms with Crippen LogP contribution in [0, 0.1) is 0 Å². The molecule has 0 amide bonds. The molecule has 0 heterocycles. The Balaban J connectivity index is 2.80. The minimum atomic E-state index is -2.56. The van der Waals surface area contributed by atoms with Crippen LogP contribution in [0.25, 0.3) is 0 Å². The molecule has 2 atom stereocenters. The maximum absolute atomic E-state index is 12.3. The van der Waals surface area contributed by atoms with Crippen LogP contribution < -0.4 is 0 Å². The maximum atomic E-state index is 12.3. The number of phenolic OH excluding ortho intramolecular Hbond substituents is 1. The van der Waals surface area contributed by atoms with E-state index in [1.807, 2.05) is 19.9 Å². The smallest absolute Gasteiger partial charge is 0.203 e. The molecule has 0 fully saturated rings. The Hall–Kier alpha value is -0.790. The van der Waals surface area contributed by atoms with Gasteiger partial charge in [0.1, 0.15) is 5.75 Å². The van der Waals surface area contributed by atoms with Crippen LogP contribution in [0.5, 0.6) is 5.75 Å². The van der Waals surface area contributed by atoms with Crippen LogP contribution in [0.2, 0.25) is 0 Å². The number of hydrogen-bond acceptors (Lipinski definition) is 3. The van der Waals surface area contributed by atoms with Gasteiger partial charge in [0, 0.05) is 12.3 Å². The standard InChI is InChI=1S/C13H21O3P/c1-4-13(17(3,15)16-5-2)10-11-7-6-8-12(14)9-11/h6-9,13-14H,4-5,10H2,1-3H3/t13-,17?/m1/s1. The topological polar surface area (TPSA) is 46.5 Å². The lowest BCUT2D eigenvalue weighted by Crippen LogP contribution is -2.12. The summed E-state index contributed by atoms with van der Waals surface area (Å²) >= 11 is 0. The molecule has 0 bridgehead atoms. The van der Waals surface area contributed by atoms with Crippen molar-refractivity contribution in [1.29, 1.82) is 0 Å². The molecule has 0 aliphatic heterocycles. The van der Waals surface area contributed by atoms with Gasteiger partial charge in [-0.05, 0) is 37.5 Å². The van der Waals surface area contributed by atoms with Gasteiger partial charge >= 0.3 is 0 Å². The zero-order chi connectivity index (χ0) is 12.9. The highest BCUT2D eigenvalue weighted by molar-refractivity contribution is 7.58. The average molecular weight is 256 g/mol. The highest BCUT2D eigenvalue weighted by Crippen LogP contribution is 2.50. The second-order valence-corrected chi connectivity index (χ2v) is 7.07. The first-order valence-corrected chi connectivity index (χ1v) is 8.13. The quantitative estimate of drug-likeness (QED) is 0.790. The molecular formula is C13H21O3P. The molecule has 0 aromatic heterocycles. The van der Waals surface area contributed by atoms with Crippen molar-refractivity contribution in [3.63, 3.8) is 0 Å². The third-order valence-corrected chi connectivity index (χ3v) is 5.55. The lowest BCUT2D eigenvalue weighted by molar-refractivity contribution is 0.328. The Labute approximate surface area is 103 Å². The summed E-state index contributed by atoms with van der Waals surface area (Å²) in [4.78, 5) is 0. The fraction of sp³-hybridized carbons (Fsp3) is 0.538. The predicted octanol–water partition coefficient (Wildman–Crippen LogP) is 3.66. The summed E-state index contributed by atoms with van der Waals surface area (Å²) in [6.45, 7) is 6.05. The first-order chi connectivity index (χ1) is 7.99. The molecule has 0 aliphatic rings. The molecule has 1 aromatic rings. The SMILES string of the molecule is CCOP(C)(=O)[C@H](CC)Cc1cccc(O)c1. The summed E-state index contributed by atoms with van der Waals surface area (Å²) < 4.78 is 17.7. The zero-order valence-corrected chi connectivity index (χ0v) is 11.6. The molecular weight excluding hydrogens is 235 g/mol. The van der Waals surface area contributed by atoms with Gasteiger partial charge in [0.05, 0.1) is 6.61 Å². The largest absolute Gasteiger partial charge is 0.508 e. The van der Waals surface area contributed by atoms with Crippen molar-refractivity contribution in [3.05, 3.63) is 29.8 Å². The van der Waals surface area contributed by atoms with Gasteiger partial charge in [-0.2, -0.15) is 0 Å². The molecule has 1 aromatic carbocycles. The molecule has 0 spiro atoms. The molecule has 3 nitrogen and oxygen atoms in total. The van der Waals surface area contributed by atoms with Gasteiger partial charge in [-0.3, -0.25) is 4.57 Å². The Bertz CT molecular complexity index is 403. The van der Waals surface area contributed by atoms with Crippen LogP contribution in [-0.2, 0) is 15.5 Å². The van der Waals surface area contributed by atoms with Crippen molar-refractivity contribution in [2.45, 2.75) is 32.3 Å². The molecule has 96 valence electrons. The van der Waals surface area contributed by atoms with Crippen LogP contribution in [0.4, 0.5) is 0 Å². The maximum Gasteiger partial charge on any atom is 0.203 e. The highest BCUT2D eigenvalue weighted by Gasteiger charge is 2.27. The molecule has 1 rings (SSSR count). The molecule has 4 heteroatoms. The van der Waals surface area contributed by atoms with Gasteiger partial charge in [-0.25, -0.2) is 0 Å². The Morgan fingerprint density at radius 1 is 1.41 bits per heavy atom. The van der Waals surface area contributed by atoms with E-state index in [-0.39, 0.29) is 11.4 Å². The van der Waals surface area contributed by atoms with Gasteiger partial charge in [-0.15, -0.1) is 0 Å². The van der Waals surface area contributed by atoms with E-state index in [9.17, 15) is 9.67 Å². The summed E-state index contributed by atoms with van der Waals surface area (Å²) in [5.41, 5.74) is 1.02. The van der Waals surface area contributed by atoms with Gasteiger partial charge in [0.25, 0.3) is 0 Å². The third-order valence-electron chi connectivity index (χ3n) is 2.90. The molecule has 0 saturated heterocycles. The molecule has 0 aliphatic carbocycles. The van der Waals surface area contributed by atoms with Gasteiger partial charge < -0.3 is 9.63 Å². The van der Waals surface area contributed by atoms with Crippen LogP contribution >= 0.6 is 7.37 Å². The number of aromatic hydroxyl groups is 1. The van der Waals surface area contributed by atoms with E-state index < -0.39 is 7.37 Å². The first kappa shape index (κ1) is 14.3. The van der Waals surface area contributed by atoms with E-state index in [0.29, 0.717) is 13.0 Å². The van der Waals surface area contributed by atoms with Crippen molar-refractivity contribution in [3.8, 4) is 5.75 Å². The Morgan fingerprint density at radius 2 is 2.12 bits per heavy atom. The minimum absolute atomic E-state index is 0.0178. The summed E-state index contributed by atoms with van der Waals surface area (Å²) in [6.07, 6.45) is 1.49. The minimum Gasteiger partial charge on any atom is -0.508 e. The van der Waals surface area contributed by atoms with Crippen molar-refractivity contribution in [2.75, 3.05) is 13.3 Å². The monoisotopic (exact) mass is 256 g/mol. The number of phenols is 1. The van der Waals surface area contributed by atoms with E-state index in [0.717, 1.165) is 12.0 Å². The zero-order valence-electron chi connectivity index (χ0n) is 10.7. The fourth-order valence-electron chi connectivity index (χ4n) is 1.96. The van der Waals surface area contributed by atoms with E-state index in [4.69, 9.17) is 4.52 Å². The lowest BCUT2D eigenvalue weighted by Gasteiger charge is -2.23. The van der Waals surface area contributed by atoms with Crippen molar-refractivity contribution in [2.24, 2.45) is 0 Å². The second-order valence-electron chi connectivity index (χ2n) is 4.26. The van der Waals surface area contributed by atoms with Crippen molar-refractivity contribution >= 4 is 7.37 Å². The first-order valence-electron chi connectivity index (χ1n) is 5.99. The number of benzene rings is 1. The summed E-state index contributed by atoms with van der Waals surface area (Å²) in [7, 11) is -2.56. The fourth-order valence-corrected chi connectivity index (χ4v) is 3.89. The molecule has 1 unspecified atom stereocenters. The highest BCUT2D eigenvalue weighted by atomic mass is 31.2. The molecule has 0 radical (unpaired) electrons. The van der Waals surface area contributed by atoms with E-state index in [2.05, 4.69) is 0 Å². The van der Waals surface area contributed by atoms with Gasteiger partial charge in [0.2, 0.25) is 7.37 Å².